The Morgan fingerprint density at radius 1 is 1.24 bits per heavy atom. The highest BCUT2D eigenvalue weighted by molar-refractivity contribution is 6.02. The van der Waals surface area contributed by atoms with E-state index in [0.717, 1.165) is 40.5 Å². The van der Waals surface area contributed by atoms with Crippen LogP contribution in [0.2, 0.25) is 0 Å². The Morgan fingerprint density at radius 2 is 2.03 bits per heavy atom. The van der Waals surface area contributed by atoms with Gasteiger partial charge >= 0.3 is 0 Å². The van der Waals surface area contributed by atoms with E-state index in [2.05, 4.69) is 40.1 Å². The fourth-order valence-electron chi connectivity index (χ4n) is 4.41. The molecule has 2 aromatic rings. The average molecular weight is 449 g/mol. The Bertz CT molecular complexity index is 1230. The Morgan fingerprint density at radius 3 is 2.67 bits per heavy atom. The van der Waals surface area contributed by atoms with Crippen molar-refractivity contribution < 1.29 is 9.47 Å². The van der Waals surface area contributed by atoms with Crippen LogP contribution in [-0.4, -0.2) is 52.5 Å². The van der Waals surface area contributed by atoms with Crippen molar-refractivity contribution in [3.8, 4) is 17.1 Å². The molecule has 0 amide bonds. The number of anilines is 1. The largest absolute Gasteiger partial charge is 0.495 e. The summed E-state index contributed by atoms with van der Waals surface area (Å²) in [5.74, 6) is 2.28. The molecule has 5 rings (SSSR count). The molecule has 0 radical (unpaired) electrons. The zero-order chi connectivity index (χ0) is 23.3. The quantitative estimate of drug-likeness (QED) is 0.712. The second-order valence-electron chi connectivity index (χ2n) is 8.99. The number of nitrogens with two attached hydrogens (primary N) is 2. The number of aryl methyl sites for hydroxylation is 1. The van der Waals surface area contributed by atoms with Crippen LogP contribution in [0.15, 0.2) is 64.6 Å². The number of aromatic nitrogens is 3. The monoisotopic (exact) mass is 448 g/mol. The Kier molecular flexibility index (Phi) is 4.89. The van der Waals surface area contributed by atoms with Crippen molar-refractivity contribution >= 4 is 11.6 Å². The van der Waals surface area contributed by atoms with E-state index >= 15 is 0 Å². The maximum atomic E-state index is 6.75. The number of hydrogen-bond donors (Lipinski definition) is 2. The number of guanidine groups is 1. The molecular weight excluding hydrogens is 420 g/mol. The van der Waals surface area contributed by atoms with Gasteiger partial charge in [0.05, 0.1) is 31.7 Å². The summed E-state index contributed by atoms with van der Waals surface area (Å²) in [7, 11) is 3.52. The molecule has 3 aliphatic rings. The maximum absolute atomic E-state index is 6.75. The molecule has 0 atom stereocenters. The smallest absolute Gasteiger partial charge is 0.205 e. The first-order chi connectivity index (χ1) is 15.8. The maximum Gasteiger partial charge on any atom is 0.205 e. The molecule has 0 bridgehead atoms. The molecule has 0 unspecified atom stereocenters. The molecule has 4 heterocycles. The summed E-state index contributed by atoms with van der Waals surface area (Å²) in [6.45, 7) is 6.43. The number of aliphatic imine (C=N–C) groups is 1. The van der Waals surface area contributed by atoms with Gasteiger partial charge in [-0.2, -0.15) is 0 Å². The van der Waals surface area contributed by atoms with E-state index in [-0.39, 0.29) is 5.41 Å². The number of ether oxygens (including phenoxy) is 2. The van der Waals surface area contributed by atoms with Crippen LogP contribution in [0.4, 0.5) is 5.69 Å². The first-order valence-corrected chi connectivity index (χ1v) is 10.7. The van der Waals surface area contributed by atoms with Gasteiger partial charge in [0.15, 0.2) is 5.82 Å². The van der Waals surface area contributed by atoms with Gasteiger partial charge in [-0.3, -0.25) is 4.90 Å². The standard InChI is InChI=1S/C23H28N8O2/c1-14-9-30(10-23(2)11-33-12-23)20(24)19-16(14)8-26-22(25)31(19)17-6-5-15(7-18(17)32-4)21-28-27-13-29(21)3/h5-9,13H,10-12,24H2,1-4H3,(H2,25,26). The highest BCUT2D eigenvalue weighted by Gasteiger charge is 2.39. The molecule has 1 saturated heterocycles. The summed E-state index contributed by atoms with van der Waals surface area (Å²) in [5.41, 5.74) is 17.6. The van der Waals surface area contributed by atoms with E-state index in [1.165, 1.54) is 0 Å². The predicted octanol–water partition coefficient (Wildman–Crippen LogP) is 1.89. The number of fused-ring (bicyclic) bond motifs is 1. The zero-order valence-corrected chi connectivity index (χ0v) is 19.2. The lowest BCUT2D eigenvalue weighted by Crippen LogP contribution is -2.50. The summed E-state index contributed by atoms with van der Waals surface area (Å²) < 4.78 is 13.1. The van der Waals surface area contributed by atoms with Gasteiger partial charge in [-0.15, -0.1) is 10.2 Å². The van der Waals surface area contributed by atoms with Crippen molar-refractivity contribution in [3.05, 3.63) is 59.6 Å². The fraction of sp³-hybridized carbons (Fsp3) is 0.348. The molecule has 0 aliphatic carbocycles. The molecule has 10 nitrogen and oxygen atoms in total. The minimum atomic E-state index is 0.0533. The molecule has 172 valence electrons. The Hall–Kier alpha value is -3.79. The van der Waals surface area contributed by atoms with Crippen LogP contribution in [0.3, 0.4) is 0 Å². The van der Waals surface area contributed by atoms with Gasteiger partial charge < -0.3 is 30.4 Å². The minimum Gasteiger partial charge on any atom is -0.495 e. The van der Waals surface area contributed by atoms with E-state index in [9.17, 15) is 0 Å². The summed E-state index contributed by atoms with van der Waals surface area (Å²) in [6.07, 6.45) is 5.50. The van der Waals surface area contributed by atoms with Crippen molar-refractivity contribution in [2.75, 3.05) is 31.8 Å². The van der Waals surface area contributed by atoms with Crippen molar-refractivity contribution in [3.63, 3.8) is 0 Å². The second kappa shape index (κ2) is 7.66. The number of allylic oxidation sites excluding steroid dienone is 1. The molecule has 1 aromatic heterocycles. The molecule has 0 saturated carbocycles. The van der Waals surface area contributed by atoms with Gasteiger partial charge in [-0.25, -0.2) is 4.99 Å². The van der Waals surface area contributed by atoms with Gasteiger partial charge in [-0.1, -0.05) is 6.92 Å². The van der Waals surface area contributed by atoms with Crippen LogP contribution in [0.25, 0.3) is 11.4 Å². The summed E-state index contributed by atoms with van der Waals surface area (Å²) >= 11 is 0. The Labute approximate surface area is 192 Å². The number of benzene rings is 1. The third kappa shape index (κ3) is 3.43. The van der Waals surface area contributed by atoms with E-state index in [4.69, 9.17) is 20.9 Å². The molecule has 1 fully saturated rings. The summed E-state index contributed by atoms with van der Waals surface area (Å²) in [5, 5.41) is 8.17. The lowest BCUT2D eigenvalue weighted by Gasteiger charge is -2.44. The third-order valence-electron chi connectivity index (χ3n) is 6.20. The molecule has 1 aromatic carbocycles. The molecule has 10 heteroatoms. The number of rotatable bonds is 5. The second-order valence-corrected chi connectivity index (χ2v) is 8.99. The van der Waals surface area contributed by atoms with Gasteiger partial charge in [0, 0.05) is 42.5 Å². The SMILES string of the molecule is COc1cc(-c2nncn2C)ccc1N1C(N)=NC=C2C(C)=CN(CC3(C)COC3)C(N)=C21. The Balaban J connectivity index is 1.59. The van der Waals surface area contributed by atoms with E-state index < -0.39 is 0 Å². The summed E-state index contributed by atoms with van der Waals surface area (Å²) in [4.78, 5) is 8.39. The van der Waals surface area contributed by atoms with Crippen molar-refractivity contribution in [2.24, 2.45) is 28.9 Å². The van der Waals surface area contributed by atoms with Gasteiger partial charge in [0.1, 0.15) is 17.9 Å². The number of methoxy groups -OCH3 is 1. The third-order valence-corrected chi connectivity index (χ3v) is 6.20. The van der Waals surface area contributed by atoms with Crippen molar-refractivity contribution in [2.45, 2.75) is 13.8 Å². The lowest BCUT2D eigenvalue weighted by atomic mass is 9.87. The highest BCUT2D eigenvalue weighted by atomic mass is 16.5. The lowest BCUT2D eigenvalue weighted by molar-refractivity contribution is -0.108. The molecule has 0 spiro atoms. The van der Waals surface area contributed by atoms with Crippen LogP contribution in [-0.2, 0) is 11.8 Å². The van der Waals surface area contributed by atoms with Crippen LogP contribution >= 0.6 is 0 Å². The minimum absolute atomic E-state index is 0.0533. The zero-order valence-electron chi connectivity index (χ0n) is 19.2. The van der Waals surface area contributed by atoms with Crippen LogP contribution < -0.4 is 21.1 Å². The van der Waals surface area contributed by atoms with Gasteiger partial charge in [0.2, 0.25) is 5.96 Å². The van der Waals surface area contributed by atoms with Gasteiger partial charge in [-0.05, 0) is 30.7 Å². The first-order valence-electron chi connectivity index (χ1n) is 10.7. The van der Waals surface area contributed by atoms with E-state index in [0.29, 0.717) is 30.7 Å². The topological polar surface area (TPSA) is 120 Å². The molecule has 3 aliphatic heterocycles. The first kappa shape index (κ1) is 21.1. The fourth-order valence-corrected chi connectivity index (χ4v) is 4.41. The number of hydrogen-bond acceptors (Lipinski definition) is 9. The van der Waals surface area contributed by atoms with Gasteiger partial charge in [0.25, 0.3) is 0 Å². The summed E-state index contributed by atoms with van der Waals surface area (Å²) in [6, 6.07) is 5.81. The van der Waals surface area contributed by atoms with Crippen LogP contribution in [0.1, 0.15) is 13.8 Å². The van der Waals surface area contributed by atoms with Crippen LogP contribution in [0.5, 0.6) is 5.75 Å². The van der Waals surface area contributed by atoms with Crippen molar-refractivity contribution in [1.29, 1.82) is 0 Å². The molecule has 4 N–H and O–H groups in total. The highest BCUT2D eigenvalue weighted by Crippen LogP contribution is 2.41. The average Bonchev–Trinajstić information content (AvgIpc) is 3.21. The molecular formula is C23H28N8O2. The van der Waals surface area contributed by atoms with Crippen LogP contribution in [0, 0.1) is 5.41 Å². The normalized spacial score (nSPS) is 19.5. The van der Waals surface area contributed by atoms with Crippen molar-refractivity contribution in [1.82, 2.24) is 19.7 Å². The predicted molar refractivity (Wildman–Crippen MR) is 126 cm³/mol. The number of nitrogens with zero attached hydrogens (tertiary/aromatic N) is 6. The van der Waals surface area contributed by atoms with E-state index in [1.807, 2.05) is 34.7 Å². The van der Waals surface area contributed by atoms with E-state index in [1.54, 1.807) is 19.6 Å². The molecule has 33 heavy (non-hydrogen) atoms.